The van der Waals surface area contributed by atoms with E-state index in [1.165, 1.54) is 0 Å². The van der Waals surface area contributed by atoms with Crippen LogP contribution in [0.25, 0.3) is 21.8 Å². The monoisotopic (exact) mass is 521 g/mol. The third kappa shape index (κ3) is 6.77. The SMILES string of the molecule is C.CC(C)(Cc1ccc(Oc2ccc(C#N)cc2)cc1)NC[C@H](O)COc1cccc2[nH]c3ccccc3c12. The van der Waals surface area contributed by atoms with Crippen LogP contribution in [0.1, 0.15) is 32.4 Å². The molecular formula is C33H35N3O3. The highest BCUT2D eigenvalue weighted by atomic mass is 16.5. The molecule has 39 heavy (non-hydrogen) atoms. The van der Waals surface area contributed by atoms with Gasteiger partial charge in [0.25, 0.3) is 0 Å². The first kappa shape index (κ1) is 27.7. The van der Waals surface area contributed by atoms with E-state index in [0.29, 0.717) is 17.9 Å². The van der Waals surface area contributed by atoms with Crippen LogP contribution in [0, 0.1) is 11.3 Å². The number of nitrogens with zero attached hydrogens (tertiary/aromatic N) is 1. The molecule has 0 aliphatic carbocycles. The Balaban J connectivity index is 0.00000353. The minimum atomic E-state index is -0.655. The lowest BCUT2D eigenvalue weighted by Gasteiger charge is -2.28. The van der Waals surface area contributed by atoms with Gasteiger partial charge in [0.2, 0.25) is 0 Å². The normalized spacial score (nSPS) is 12.1. The molecule has 0 amide bonds. The highest BCUT2D eigenvalue weighted by Gasteiger charge is 2.20. The van der Waals surface area contributed by atoms with E-state index >= 15 is 0 Å². The molecule has 3 N–H and O–H groups in total. The van der Waals surface area contributed by atoms with Gasteiger partial charge in [0.1, 0.15) is 30.0 Å². The first-order valence-corrected chi connectivity index (χ1v) is 12.7. The molecule has 0 saturated heterocycles. The van der Waals surface area contributed by atoms with Crippen LogP contribution in [0.2, 0.25) is 0 Å². The second-order valence-corrected chi connectivity index (χ2v) is 10.1. The molecule has 0 spiro atoms. The predicted molar refractivity (Wildman–Crippen MR) is 157 cm³/mol. The third-order valence-electron chi connectivity index (χ3n) is 6.53. The van der Waals surface area contributed by atoms with Crippen molar-refractivity contribution in [2.75, 3.05) is 13.2 Å². The van der Waals surface area contributed by atoms with Crippen LogP contribution >= 0.6 is 0 Å². The molecule has 6 heteroatoms. The van der Waals surface area contributed by atoms with Crippen molar-refractivity contribution in [2.24, 2.45) is 0 Å². The molecule has 0 unspecified atom stereocenters. The Morgan fingerprint density at radius 1 is 0.897 bits per heavy atom. The summed E-state index contributed by atoms with van der Waals surface area (Å²) in [5.74, 6) is 2.19. The maximum absolute atomic E-state index is 10.7. The summed E-state index contributed by atoms with van der Waals surface area (Å²) in [6.07, 6.45) is 0.129. The van der Waals surface area contributed by atoms with Crippen molar-refractivity contribution in [3.05, 3.63) is 102 Å². The number of hydrogen-bond acceptors (Lipinski definition) is 5. The fraction of sp³-hybridized carbons (Fsp3) is 0.242. The number of H-pyrrole nitrogens is 1. The van der Waals surface area contributed by atoms with Crippen LogP contribution in [0.3, 0.4) is 0 Å². The first-order valence-electron chi connectivity index (χ1n) is 12.7. The maximum Gasteiger partial charge on any atom is 0.129 e. The summed E-state index contributed by atoms with van der Waals surface area (Å²) in [4.78, 5) is 3.42. The number of aromatic amines is 1. The van der Waals surface area contributed by atoms with E-state index in [1.807, 2.05) is 54.6 Å². The topological polar surface area (TPSA) is 90.3 Å². The van der Waals surface area contributed by atoms with Crippen LogP contribution in [-0.4, -0.2) is 34.9 Å². The number of nitrogens with one attached hydrogen (secondary N) is 2. The van der Waals surface area contributed by atoms with E-state index in [1.54, 1.807) is 24.3 Å². The standard InChI is InChI=1S/C32H31N3O3.CH4/c1-32(2,18-22-10-14-25(15-11-22)38-26-16-12-23(19-33)13-17-26)34-20-24(36)21-37-30-9-5-8-29-31(30)27-6-3-4-7-28(27)35-29;/h3-17,24,34-36H,18,20-21H2,1-2H3;1H4/t24-;/m0./s1. The molecule has 0 aliphatic rings. The van der Waals surface area contributed by atoms with Crippen LogP contribution in [0.5, 0.6) is 17.2 Å². The van der Waals surface area contributed by atoms with E-state index in [9.17, 15) is 5.11 Å². The van der Waals surface area contributed by atoms with Crippen LogP contribution in [-0.2, 0) is 6.42 Å². The van der Waals surface area contributed by atoms with Crippen molar-refractivity contribution < 1.29 is 14.6 Å². The van der Waals surface area contributed by atoms with Crippen LogP contribution in [0.15, 0.2) is 91.0 Å². The van der Waals surface area contributed by atoms with Gasteiger partial charge < -0.3 is 24.9 Å². The number of aliphatic hydroxyl groups is 1. The maximum atomic E-state index is 10.7. The minimum absolute atomic E-state index is 0. The van der Waals surface area contributed by atoms with E-state index in [2.05, 4.69) is 42.4 Å². The third-order valence-corrected chi connectivity index (χ3v) is 6.53. The number of fused-ring (bicyclic) bond motifs is 3. The molecule has 0 aliphatic heterocycles. The zero-order valence-electron chi connectivity index (χ0n) is 21.6. The number of aliphatic hydroxyl groups excluding tert-OH is 1. The molecule has 1 heterocycles. The van der Waals surface area contributed by atoms with E-state index in [-0.39, 0.29) is 19.6 Å². The average Bonchev–Trinajstić information content (AvgIpc) is 3.31. The van der Waals surface area contributed by atoms with Crippen LogP contribution in [0.4, 0.5) is 0 Å². The quantitative estimate of drug-likeness (QED) is 0.185. The highest BCUT2D eigenvalue weighted by molar-refractivity contribution is 6.10. The Kier molecular flexibility index (Phi) is 8.55. The second-order valence-electron chi connectivity index (χ2n) is 10.1. The largest absolute Gasteiger partial charge is 0.490 e. The molecule has 4 aromatic carbocycles. The molecule has 0 saturated carbocycles. The van der Waals surface area contributed by atoms with Gasteiger partial charge in [-0.05, 0) is 80.4 Å². The highest BCUT2D eigenvalue weighted by Crippen LogP contribution is 2.33. The van der Waals surface area contributed by atoms with Crippen molar-refractivity contribution in [3.63, 3.8) is 0 Å². The van der Waals surface area contributed by atoms with Crippen molar-refractivity contribution >= 4 is 21.8 Å². The summed E-state index contributed by atoms with van der Waals surface area (Å²) in [6.45, 7) is 4.85. The lowest BCUT2D eigenvalue weighted by atomic mass is 9.94. The molecule has 200 valence electrons. The number of aromatic nitrogens is 1. The molecule has 0 bridgehead atoms. The van der Waals surface area contributed by atoms with Gasteiger partial charge in [-0.1, -0.05) is 43.8 Å². The van der Waals surface area contributed by atoms with Gasteiger partial charge in [-0.3, -0.25) is 0 Å². The summed E-state index contributed by atoms with van der Waals surface area (Å²) >= 11 is 0. The number of ether oxygens (including phenoxy) is 2. The molecule has 0 radical (unpaired) electrons. The molecule has 0 fully saturated rings. The average molecular weight is 522 g/mol. The van der Waals surface area contributed by atoms with Crippen molar-refractivity contribution in [1.82, 2.24) is 10.3 Å². The Bertz CT molecular complexity index is 1560. The zero-order chi connectivity index (χ0) is 26.5. The minimum Gasteiger partial charge on any atom is -0.490 e. The lowest BCUT2D eigenvalue weighted by Crippen LogP contribution is -2.46. The van der Waals surface area contributed by atoms with Gasteiger partial charge in [-0.2, -0.15) is 5.26 Å². The van der Waals surface area contributed by atoms with Gasteiger partial charge in [0.15, 0.2) is 0 Å². The Hall–Kier alpha value is -4.31. The molecule has 6 nitrogen and oxygen atoms in total. The summed E-state index contributed by atoms with van der Waals surface area (Å²) < 4.78 is 11.9. The molecule has 5 aromatic rings. The summed E-state index contributed by atoms with van der Waals surface area (Å²) in [7, 11) is 0. The van der Waals surface area contributed by atoms with Crippen LogP contribution < -0.4 is 14.8 Å². The number of hydrogen-bond donors (Lipinski definition) is 3. The Morgan fingerprint density at radius 3 is 2.28 bits per heavy atom. The Labute approximate surface area is 229 Å². The van der Waals surface area contributed by atoms with Gasteiger partial charge in [0.05, 0.1) is 17.1 Å². The molecule has 1 aromatic heterocycles. The fourth-order valence-electron chi connectivity index (χ4n) is 4.61. The summed E-state index contributed by atoms with van der Waals surface area (Å²) in [5.41, 5.74) is 3.62. The van der Waals surface area contributed by atoms with Crippen molar-refractivity contribution in [2.45, 2.75) is 39.3 Å². The number of nitriles is 1. The molecule has 1 atom stereocenters. The zero-order valence-corrected chi connectivity index (χ0v) is 21.6. The van der Waals surface area contributed by atoms with E-state index in [4.69, 9.17) is 14.7 Å². The second kappa shape index (κ2) is 12.0. The fourth-order valence-corrected chi connectivity index (χ4v) is 4.61. The first-order chi connectivity index (χ1) is 18.4. The van der Waals surface area contributed by atoms with Gasteiger partial charge in [-0.15, -0.1) is 0 Å². The predicted octanol–water partition coefficient (Wildman–Crippen LogP) is 6.97. The van der Waals surface area contributed by atoms with Gasteiger partial charge in [0, 0.05) is 28.4 Å². The van der Waals surface area contributed by atoms with Crippen molar-refractivity contribution in [3.8, 4) is 23.3 Å². The lowest BCUT2D eigenvalue weighted by molar-refractivity contribution is 0.0996. The number of β-amino-alcohol motifs (C(OH)–C–C–N with tert-alkyl or cyclic N) is 1. The van der Waals surface area contributed by atoms with E-state index < -0.39 is 6.10 Å². The molecule has 5 rings (SSSR count). The number of benzene rings is 4. The van der Waals surface area contributed by atoms with Gasteiger partial charge >= 0.3 is 0 Å². The summed E-state index contributed by atoms with van der Waals surface area (Å²) in [5, 5.41) is 25.2. The van der Waals surface area contributed by atoms with Crippen molar-refractivity contribution in [1.29, 1.82) is 5.26 Å². The Morgan fingerprint density at radius 2 is 1.56 bits per heavy atom. The molecular weight excluding hydrogens is 486 g/mol. The number of rotatable bonds is 10. The van der Waals surface area contributed by atoms with Gasteiger partial charge in [-0.25, -0.2) is 0 Å². The smallest absolute Gasteiger partial charge is 0.129 e. The van der Waals surface area contributed by atoms with E-state index in [0.717, 1.165) is 45.3 Å². The number of para-hydroxylation sites is 1. The summed E-state index contributed by atoms with van der Waals surface area (Å²) in [6, 6.07) is 31.2.